The normalized spacial score (nSPS) is 22.4. The van der Waals surface area contributed by atoms with Gasteiger partial charge in [0.1, 0.15) is 0 Å². The highest BCUT2D eigenvalue weighted by atomic mass is 16.2. The van der Waals surface area contributed by atoms with Crippen molar-refractivity contribution in [2.24, 2.45) is 11.8 Å². The monoisotopic (exact) mass is 333 g/mol. The van der Waals surface area contributed by atoms with Crippen LogP contribution in [0.5, 0.6) is 0 Å². The van der Waals surface area contributed by atoms with E-state index >= 15 is 0 Å². The number of carbonyl (C=O) groups is 2. The van der Waals surface area contributed by atoms with E-state index in [0.717, 1.165) is 45.1 Å². The largest absolute Gasteiger partial charge is 0.337 e. The van der Waals surface area contributed by atoms with Gasteiger partial charge in [-0.05, 0) is 18.8 Å². The van der Waals surface area contributed by atoms with Crippen molar-refractivity contribution in [2.75, 3.05) is 6.54 Å². The Labute approximate surface area is 145 Å². The van der Waals surface area contributed by atoms with Crippen LogP contribution >= 0.6 is 0 Å². The van der Waals surface area contributed by atoms with Crippen LogP contribution in [0, 0.1) is 11.8 Å². The summed E-state index contributed by atoms with van der Waals surface area (Å²) in [5, 5.41) is 0. The molecule has 1 aromatic heterocycles. The molecule has 3 unspecified atom stereocenters. The van der Waals surface area contributed by atoms with Crippen LogP contribution in [-0.4, -0.2) is 38.7 Å². The zero-order valence-electron chi connectivity index (χ0n) is 15.3. The van der Waals surface area contributed by atoms with Crippen LogP contribution in [0.15, 0.2) is 18.7 Å². The minimum Gasteiger partial charge on any atom is -0.337 e. The Bertz CT molecular complexity index is 527. The molecule has 5 nitrogen and oxygen atoms in total. The van der Waals surface area contributed by atoms with Gasteiger partial charge in [-0.25, -0.2) is 4.98 Å². The van der Waals surface area contributed by atoms with Crippen molar-refractivity contribution < 1.29 is 9.59 Å². The molecule has 1 saturated heterocycles. The van der Waals surface area contributed by atoms with Crippen LogP contribution in [0.2, 0.25) is 0 Å². The highest BCUT2D eigenvalue weighted by Gasteiger charge is 2.47. The number of aromatic nitrogens is 2. The average Bonchev–Trinajstić information content (AvgIpc) is 3.17. The second-order valence-corrected chi connectivity index (χ2v) is 7.00. The third-order valence-corrected chi connectivity index (χ3v) is 5.30. The summed E-state index contributed by atoms with van der Waals surface area (Å²) < 4.78 is 2.01. The number of rotatable bonds is 10. The number of unbranched alkanes of at least 4 members (excludes halogenated alkanes) is 2. The Hall–Kier alpha value is -1.65. The van der Waals surface area contributed by atoms with E-state index in [-0.39, 0.29) is 23.7 Å². The van der Waals surface area contributed by atoms with Crippen molar-refractivity contribution >= 4 is 11.7 Å². The van der Waals surface area contributed by atoms with Crippen molar-refractivity contribution in [1.29, 1.82) is 0 Å². The first-order chi connectivity index (χ1) is 11.6. The van der Waals surface area contributed by atoms with Crippen LogP contribution in [-0.2, 0) is 16.1 Å². The standard InChI is InChI=1S/C19H31N3O2/c1-4-6-7-9-16-17(15(3)5-2)22(19(24)18(16)23)12-8-11-21-13-10-20-14-21/h10,13-17H,4-9,11-12H2,1-3H3. The maximum absolute atomic E-state index is 12.5. The number of nitrogens with zero attached hydrogens (tertiary/aromatic N) is 3. The number of aryl methyl sites for hydroxylation is 1. The van der Waals surface area contributed by atoms with Crippen LogP contribution in [0.25, 0.3) is 0 Å². The van der Waals surface area contributed by atoms with Crippen LogP contribution in [0.3, 0.4) is 0 Å². The van der Waals surface area contributed by atoms with E-state index in [2.05, 4.69) is 25.8 Å². The average molecular weight is 333 g/mol. The van der Waals surface area contributed by atoms with Gasteiger partial charge in [-0.2, -0.15) is 0 Å². The van der Waals surface area contributed by atoms with Crippen molar-refractivity contribution in [3.05, 3.63) is 18.7 Å². The van der Waals surface area contributed by atoms with Gasteiger partial charge >= 0.3 is 0 Å². The lowest BCUT2D eigenvalue weighted by Gasteiger charge is -2.32. The molecule has 134 valence electrons. The summed E-state index contributed by atoms with van der Waals surface area (Å²) in [6.07, 6.45) is 11.5. The van der Waals surface area contributed by atoms with Crippen molar-refractivity contribution in [2.45, 2.75) is 71.9 Å². The summed E-state index contributed by atoms with van der Waals surface area (Å²) in [6.45, 7) is 7.96. The van der Waals surface area contributed by atoms with Crippen molar-refractivity contribution in [3.63, 3.8) is 0 Å². The Kier molecular flexibility index (Phi) is 7.00. The van der Waals surface area contributed by atoms with Gasteiger partial charge in [0.15, 0.2) is 0 Å². The quantitative estimate of drug-likeness (QED) is 0.488. The Morgan fingerprint density at radius 3 is 2.58 bits per heavy atom. The predicted octanol–water partition coefficient (Wildman–Crippen LogP) is 3.30. The van der Waals surface area contributed by atoms with E-state index in [0.29, 0.717) is 12.5 Å². The first kappa shape index (κ1) is 18.7. The lowest BCUT2D eigenvalue weighted by Crippen LogP contribution is -2.40. The molecule has 24 heavy (non-hydrogen) atoms. The van der Waals surface area contributed by atoms with E-state index < -0.39 is 0 Å². The molecule has 0 aliphatic carbocycles. The predicted molar refractivity (Wildman–Crippen MR) is 94.4 cm³/mol. The highest BCUT2D eigenvalue weighted by molar-refractivity contribution is 6.39. The van der Waals surface area contributed by atoms with Crippen molar-refractivity contribution in [1.82, 2.24) is 14.5 Å². The molecule has 2 rings (SSSR count). The Balaban J connectivity index is 2.02. The fourth-order valence-electron chi connectivity index (χ4n) is 3.76. The fourth-order valence-corrected chi connectivity index (χ4v) is 3.76. The van der Waals surface area contributed by atoms with Gasteiger partial charge in [0.25, 0.3) is 5.91 Å². The number of ketones is 1. The van der Waals surface area contributed by atoms with Gasteiger partial charge in [-0.3, -0.25) is 9.59 Å². The number of imidazole rings is 1. The molecule has 0 aromatic carbocycles. The van der Waals surface area contributed by atoms with Gasteiger partial charge in [-0.1, -0.05) is 46.5 Å². The summed E-state index contributed by atoms with van der Waals surface area (Å²) in [7, 11) is 0. The fraction of sp³-hybridized carbons (Fsp3) is 0.737. The maximum Gasteiger partial charge on any atom is 0.290 e. The molecule has 2 heterocycles. The number of amides is 1. The second kappa shape index (κ2) is 9.00. The van der Waals surface area contributed by atoms with Crippen LogP contribution < -0.4 is 0 Å². The molecule has 1 aromatic rings. The summed E-state index contributed by atoms with van der Waals surface area (Å²) in [4.78, 5) is 31.0. The zero-order valence-corrected chi connectivity index (χ0v) is 15.3. The minimum atomic E-state index is -0.257. The van der Waals surface area contributed by atoms with E-state index in [1.54, 1.807) is 12.5 Å². The molecule has 0 bridgehead atoms. The lowest BCUT2D eigenvalue weighted by molar-refractivity contribution is -0.141. The molecule has 0 radical (unpaired) electrons. The first-order valence-corrected chi connectivity index (χ1v) is 9.40. The maximum atomic E-state index is 12.5. The molecule has 0 N–H and O–H groups in total. The van der Waals surface area contributed by atoms with Crippen LogP contribution in [0.1, 0.15) is 59.3 Å². The summed E-state index contributed by atoms with van der Waals surface area (Å²) in [6, 6.07) is 0.0784. The summed E-state index contributed by atoms with van der Waals surface area (Å²) >= 11 is 0. The lowest BCUT2D eigenvalue weighted by atomic mass is 9.84. The molecule has 5 heteroatoms. The smallest absolute Gasteiger partial charge is 0.290 e. The van der Waals surface area contributed by atoms with Gasteiger partial charge in [0, 0.05) is 37.4 Å². The third kappa shape index (κ3) is 4.25. The Morgan fingerprint density at radius 2 is 1.96 bits per heavy atom. The van der Waals surface area contributed by atoms with E-state index in [9.17, 15) is 9.59 Å². The van der Waals surface area contributed by atoms with Gasteiger partial charge in [0.2, 0.25) is 5.78 Å². The molecule has 3 atom stereocenters. The summed E-state index contributed by atoms with van der Waals surface area (Å²) in [5.41, 5.74) is 0. The number of carbonyl (C=O) groups excluding carboxylic acids is 2. The number of hydrogen-bond donors (Lipinski definition) is 0. The van der Waals surface area contributed by atoms with Gasteiger partial charge in [0.05, 0.1) is 6.33 Å². The van der Waals surface area contributed by atoms with Crippen molar-refractivity contribution in [3.8, 4) is 0 Å². The van der Waals surface area contributed by atoms with E-state index in [1.807, 2.05) is 15.7 Å². The highest BCUT2D eigenvalue weighted by Crippen LogP contribution is 2.33. The molecular weight excluding hydrogens is 302 g/mol. The molecule has 1 aliphatic heterocycles. The minimum absolute atomic E-state index is 0.0784. The second-order valence-electron chi connectivity index (χ2n) is 7.00. The molecular formula is C19H31N3O2. The van der Waals surface area contributed by atoms with Gasteiger partial charge < -0.3 is 9.47 Å². The number of hydrogen-bond acceptors (Lipinski definition) is 3. The molecule has 1 amide bonds. The molecule has 0 spiro atoms. The molecule has 0 saturated carbocycles. The van der Waals surface area contributed by atoms with Gasteiger partial charge in [-0.15, -0.1) is 0 Å². The summed E-state index contributed by atoms with van der Waals surface area (Å²) in [5.74, 6) is -0.154. The Morgan fingerprint density at radius 1 is 1.17 bits per heavy atom. The number of likely N-dealkylation sites (tertiary alicyclic amines) is 1. The number of Topliss-reactive ketones (excluding diaryl/α,β-unsaturated/α-hetero) is 1. The zero-order chi connectivity index (χ0) is 17.5. The van der Waals surface area contributed by atoms with Crippen LogP contribution in [0.4, 0.5) is 0 Å². The SMILES string of the molecule is CCCCCC1C(=O)C(=O)N(CCCn2ccnc2)C1C(C)CC. The van der Waals surface area contributed by atoms with E-state index in [4.69, 9.17) is 0 Å². The van der Waals surface area contributed by atoms with E-state index in [1.165, 1.54) is 0 Å². The molecule has 1 fully saturated rings. The first-order valence-electron chi connectivity index (χ1n) is 9.40. The topological polar surface area (TPSA) is 55.2 Å². The third-order valence-electron chi connectivity index (χ3n) is 5.30. The molecule has 1 aliphatic rings.